The van der Waals surface area contributed by atoms with Gasteiger partial charge in [-0.15, -0.1) is 0 Å². The van der Waals surface area contributed by atoms with Crippen LogP contribution in [0, 0.1) is 17.6 Å². The van der Waals surface area contributed by atoms with Crippen LogP contribution in [-0.4, -0.2) is 31.6 Å². The van der Waals surface area contributed by atoms with E-state index in [2.05, 4.69) is 17.1 Å². The van der Waals surface area contributed by atoms with E-state index in [4.69, 9.17) is 0 Å². The van der Waals surface area contributed by atoms with E-state index in [0.29, 0.717) is 11.5 Å². The zero-order valence-corrected chi connectivity index (χ0v) is 10.9. The number of rotatable bonds is 4. The van der Waals surface area contributed by atoms with Crippen molar-refractivity contribution in [2.75, 3.05) is 26.7 Å². The van der Waals surface area contributed by atoms with Crippen molar-refractivity contribution in [3.63, 3.8) is 0 Å². The van der Waals surface area contributed by atoms with Crippen molar-refractivity contribution in [2.45, 2.75) is 19.4 Å². The van der Waals surface area contributed by atoms with Crippen LogP contribution in [0.2, 0.25) is 0 Å². The minimum atomic E-state index is -0.751. The van der Waals surface area contributed by atoms with Gasteiger partial charge in [0.2, 0.25) is 0 Å². The van der Waals surface area contributed by atoms with Crippen molar-refractivity contribution in [1.82, 2.24) is 10.2 Å². The molecular formula is C14H20F2N2. The van der Waals surface area contributed by atoms with Crippen LogP contribution in [-0.2, 0) is 0 Å². The Labute approximate surface area is 107 Å². The lowest BCUT2D eigenvalue weighted by molar-refractivity contribution is 0.231. The maximum absolute atomic E-state index is 14.0. The predicted molar refractivity (Wildman–Crippen MR) is 68.4 cm³/mol. The van der Waals surface area contributed by atoms with Gasteiger partial charge in [0.15, 0.2) is 11.6 Å². The van der Waals surface area contributed by atoms with Gasteiger partial charge in [-0.05, 0) is 45.1 Å². The van der Waals surface area contributed by atoms with Crippen LogP contribution in [0.15, 0.2) is 18.2 Å². The molecule has 0 radical (unpaired) electrons. The first-order chi connectivity index (χ1) is 8.69. The van der Waals surface area contributed by atoms with Crippen LogP contribution in [0.1, 0.15) is 24.9 Å². The molecule has 4 heteroatoms. The summed E-state index contributed by atoms with van der Waals surface area (Å²) in [7, 11) is 1.90. The summed E-state index contributed by atoms with van der Waals surface area (Å²) in [6, 6.07) is 4.46. The third kappa shape index (κ3) is 2.40. The molecule has 2 rings (SSSR count). The zero-order chi connectivity index (χ0) is 13.1. The lowest BCUT2D eigenvalue weighted by atomic mass is 9.93. The number of benzene rings is 1. The summed E-state index contributed by atoms with van der Waals surface area (Å²) < 4.78 is 27.3. The SMILES string of the molecule is CCN1CCC(CNC)C1c1cccc(F)c1F. The molecule has 1 fully saturated rings. The predicted octanol–water partition coefficient (Wildman–Crippen LogP) is 2.57. The van der Waals surface area contributed by atoms with Crippen LogP contribution in [0.5, 0.6) is 0 Å². The molecule has 1 aliphatic heterocycles. The molecule has 18 heavy (non-hydrogen) atoms. The van der Waals surface area contributed by atoms with Crippen molar-refractivity contribution in [2.24, 2.45) is 5.92 Å². The van der Waals surface area contributed by atoms with E-state index in [-0.39, 0.29) is 6.04 Å². The fourth-order valence-corrected chi connectivity index (χ4v) is 2.96. The molecule has 1 aromatic rings. The lowest BCUT2D eigenvalue weighted by Crippen LogP contribution is -2.30. The van der Waals surface area contributed by atoms with E-state index in [1.165, 1.54) is 6.07 Å². The number of likely N-dealkylation sites (tertiary alicyclic amines) is 1. The molecule has 0 saturated carbocycles. The molecule has 2 unspecified atom stereocenters. The normalized spacial score (nSPS) is 24.7. The smallest absolute Gasteiger partial charge is 0.163 e. The highest BCUT2D eigenvalue weighted by Gasteiger charge is 2.35. The average Bonchev–Trinajstić information content (AvgIpc) is 2.76. The number of nitrogens with zero attached hydrogens (tertiary/aromatic N) is 1. The van der Waals surface area contributed by atoms with Gasteiger partial charge in [-0.2, -0.15) is 0 Å². The second-order valence-corrected chi connectivity index (χ2v) is 4.82. The summed E-state index contributed by atoms with van der Waals surface area (Å²) in [4.78, 5) is 2.22. The largest absolute Gasteiger partial charge is 0.319 e. The van der Waals surface area contributed by atoms with E-state index in [1.54, 1.807) is 12.1 Å². The van der Waals surface area contributed by atoms with Gasteiger partial charge in [-0.25, -0.2) is 8.78 Å². The topological polar surface area (TPSA) is 15.3 Å². The lowest BCUT2D eigenvalue weighted by Gasteiger charge is -2.28. The molecule has 2 atom stereocenters. The van der Waals surface area contributed by atoms with Crippen LogP contribution in [0.4, 0.5) is 8.78 Å². The Kier molecular flexibility index (Phi) is 4.30. The van der Waals surface area contributed by atoms with Crippen molar-refractivity contribution in [1.29, 1.82) is 0 Å². The molecule has 100 valence electrons. The van der Waals surface area contributed by atoms with Gasteiger partial charge < -0.3 is 5.32 Å². The van der Waals surface area contributed by atoms with Gasteiger partial charge in [-0.3, -0.25) is 4.90 Å². The summed E-state index contributed by atoms with van der Waals surface area (Å²) in [6.07, 6.45) is 1.02. The number of hydrogen-bond donors (Lipinski definition) is 1. The van der Waals surface area contributed by atoms with Gasteiger partial charge >= 0.3 is 0 Å². The highest BCUT2D eigenvalue weighted by molar-refractivity contribution is 5.24. The standard InChI is InChI=1S/C14H20F2N2/c1-3-18-8-7-10(9-17-2)14(18)11-5-4-6-12(15)13(11)16/h4-6,10,14,17H,3,7-9H2,1-2H3. The van der Waals surface area contributed by atoms with E-state index in [1.807, 2.05) is 7.05 Å². The van der Waals surface area contributed by atoms with Gasteiger partial charge in [0.05, 0.1) is 0 Å². The minimum absolute atomic E-state index is 0.0156. The highest BCUT2D eigenvalue weighted by Crippen LogP contribution is 2.38. The quantitative estimate of drug-likeness (QED) is 0.888. The molecule has 0 spiro atoms. The Morgan fingerprint density at radius 2 is 2.17 bits per heavy atom. The second kappa shape index (κ2) is 5.76. The molecule has 0 bridgehead atoms. The summed E-state index contributed by atoms with van der Waals surface area (Å²) in [5.74, 6) is -1.10. The van der Waals surface area contributed by atoms with Crippen molar-refractivity contribution in [3.8, 4) is 0 Å². The zero-order valence-electron chi connectivity index (χ0n) is 10.9. The summed E-state index contributed by atoms with van der Waals surface area (Å²) >= 11 is 0. The molecule has 1 heterocycles. The third-order valence-electron chi connectivity index (χ3n) is 3.80. The van der Waals surface area contributed by atoms with Crippen LogP contribution in [0.3, 0.4) is 0 Å². The summed E-state index contributed by atoms with van der Waals surface area (Å²) in [5.41, 5.74) is 0.495. The number of nitrogens with one attached hydrogen (secondary N) is 1. The Morgan fingerprint density at radius 1 is 1.39 bits per heavy atom. The van der Waals surface area contributed by atoms with Crippen molar-refractivity contribution >= 4 is 0 Å². The molecule has 0 amide bonds. The minimum Gasteiger partial charge on any atom is -0.319 e. The average molecular weight is 254 g/mol. The number of halogens is 2. The first-order valence-electron chi connectivity index (χ1n) is 6.51. The first kappa shape index (κ1) is 13.4. The van der Waals surface area contributed by atoms with Gasteiger partial charge in [-0.1, -0.05) is 19.1 Å². The van der Waals surface area contributed by atoms with Crippen molar-refractivity contribution in [3.05, 3.63) is 35.4 Å². The fourth-order valence-electron chi connectivity index (χ4n) is 2.96. The monoisotopic (exact) mass is 254 g/mol. The maximum Gasteiger partial charge on any atom is 0.163 e. The molecule has 2 nitrogen and oxygen atoms in total. The Morgan fingerprint density at radius 3 is 2.83 bits per heavy atom. The fraction of sp³-hybridized carbons (Fsp3) is 0.571. The highest BCUT2D eigenvalue weighted by atomic mass is 19.2. The Bertz CT molecular complexity index is 409. The third-order valence-corrected chi connectivity index (χ3v) is 3.80. The molecular weight excluding hydrogens is 234 g/mol. The van der Waals surface area contributed by atoms with Gasteiger partial charge in [0.1, 0.15) is 0 Å². The first-order valence-corrected chi connectivity index (χ1v) is 6.51. The van der Waals surface area contributed by atoms with Crippen molar-refractivity contribution < 1.29 is 8.78 Å². The molecule has 1 N–H and O–H groups in total. The summed E-state index contributed by atoms with van der Waals surface area (Å²) in [6.45, 7) is 4.70. The van der Waals surface area contributed by atoms with Gasteiger partial charge in [0, 0.05) is 11.6 Å². The number of hydrogen-bond acceptors (Lipinski definition) is 2. The molecule has 1 saturated heterocycles. The molecule has 0 aromatic heterocycles. The Balaban J connectivity index is 2.34. The Hall–Kier alpha value is -1.00. The van der Waals surface area contributed by atoms with Crippen LogP contribution in [0.25, 0.3) is 0 Å². The van der Waals surface area contributed by atoms with E-state index in [9.17, 15) is 8.78 Å². The van der Waals surface area contributed by atoms with E-state index >= 15 is 0 Å². The van der Waals surface area contributed by atoms with Gasteiger partial charge in [0.25, 0.3) is 0 Å². The molecule has 0 aliphatic carbocycles. The summed E-state index contributed by atoms with van der Waals surface area (Å²) in [5, 5.41) is 3.15. The maximum atomic E-state index is 14.0. The van der Waals surface area contributed by atoms with Crippen LogP contribution >= 0.6 is 0 Å². The second-order valence-electron chi connectivity index (χ2n) is 4.82. The molecule has 1 aromatic carbocycles. The molecule has 1 aliphatic rings. The van der Waals surface area contributed by atoms with E-state index < -0.39 is 11.6 Å². The van der Waals surface area contributed by atoms with E-state index in [0.717, 1.165) is 26.1 Å². The van der Waals surface area contributed by atoms with Crippen LogP contribution < -0.4 is 5.32 Å².